The first-order chi connectivity index (χ1) is 9.64. The molecule has 0 spiro atoms. The zero-order valence-electron chi connectivity index (χ0n) is 14.7. The minimum atomic E-state index is -0.380. The van der Waals surface area contributed by atoms with Crippen molar-refractivity contribution in [1.82, 2.24) is 0 Å². The van der Waals surface area contributed by atoms with E-state index < -0.39 is 0 Å². The van der Waals surface area contributed by atoms with E-state index in [0.717, 1.165) is 12.8 Å². The molecule has 0 saturated heterocycles. The van der Waals surface area contributed by atoms with Crippen molar-refractivity contribution in [2.24, 2.45) is 5.92 Å². The van der Waals surface area contributed by atoms with Crippen LogP contribution >= 0.6 is 0 Å². The Morgan fingerprint density at radius 2 is 1.10 bits per heavy atom. The van der Waals surface area contributed by atoms with Crippen molar-refractivity contribution in [3.63, 3.8) is 0 Å². The molecule has 0 amide bonds. The van der Waals surface area contributed by atoms with Gasteiger partial charge < -0.3 is 5.11 Å². The van der Waals surface area contributed by atoms with E-state index in [0.29, 0.717) is 5.92 Å². The van der Waals surface area contributed by atoms with Crippen molar-refractivity contribution in [2.45, 2.75) is 117 Å². The Bertz CT molecular complexity index is 192. The van der Waals surface area contributed by atoms with Gasteiger partial charge in [0.15, 0.2) is 0 Å². The summed E-state index contributed by atoms with van der Waals surface area (Å²) < 4.78 is 0. The first-order valence-electron chi connectivity index (χ1n) is 9.36. The number of unbranched alkanes of at least 4 members (excludes halogenated alkanes) is 5. The van der Waals surface area contributed by atoms with Gasteiger partial charge in [0.1, 0.15) is 0 Å². The van der Waals surface area contributed by atoms with E-state index in [2.05, 4.69) is 27.7 Å². The fraction of sp³-hybridized carbons (Fsp3) is 1.00. The van der Waals surface area contributed by atoms with Gasteiger partial charge >= 0.3 is 0 Å². The van der Waals surface area contributed by atoms with E-state index in [1.807, 2.05) is 0 Å². The van der Waals surface area contributed by atoms with Crippen LogP contribution in [0.25, 0.3) is 0 Å². The van der Waals surface area contributed by atoms with Crippen molar-refractivity contribution in [1.29, 1.82) is 0 Å². The molecular formula is C19H40O. The maximum atomic E-state index is 11.3. The molecule has 1 atom stereocenters. The lowest BCUT2D eigenvalue weighted by atomic mass is 9.74. The molecule has 0 saturated carbocycles. The molecule has 0 heterocycles. The Kier molecular flexibility index (Phi) is 12.7. The Morgan fingerprint density at radius 1 is 0.650 bits per heavy atom. The highest BCUT2D eigenvalue weighted by Crippen LogP contribution is 2.36. The third-order valence-corrected chi connectivity index (χ3v) is 4.75. The van der Waals surface area contributed by atoms with Crippen LogP contribution in [0.1, 0.15) is 111 Å². The standard InChI is InChI=1S/C19H40O/c1-5-9-13-15-18(14-10-6-2)19(20,16-11-7-3)17-12-8-4/h18,20H,5-17H2,1-4H3. The van der Waals surface area contributed by atoms with Crippen LogP contribution in [0.3, 0.4) is 0 Å². The number of aliphatic hydroxyl groups is 1. The van der Waals surface area contributed by atoms with Gasteiger partial charge in [0, 0.05) is 0 Å². The van der Waals surface area contributed by atoms with Gasteiger partial charge in [-0.1, -0.05) is 85.5 Å². The Balaban J connectivity index is 4.65. The minimum Gasteiger partial charge on any atom is -0.390 e. The lowest BCUT2D eigenvalue weighted by Crippen LogP contribution is -2.38. The van der Waals surface area contributed by atoms with Crippen molar-refractivity contribution in [3.8, 4) is 0 Å². The van der Waals surface area contributed by atoms with E-state index in [-0.39, 0.29) is 5.60 Å². The molecule has 0 aliphatic rings. The summed E-state index contributed by atoms with van der Waals surface area (Å²) in [5.41, 5.74) is -0.380. The summed E-state index contributed by atoms with van der Waals surface area (Å²) in [6.07, 6.45) is 15.7. The lowest BCUT2D eigenvalue weighted by Gasteiger charge is -2.37. The SMILES string of the molecule is CCCCCC(CCCC)C(O)(CCCC)CCCC. The Hall–Kier alpha value is -0.0400. The Morgan fingerprint density at radius 3 is 1.55 bits per heavy atom. The summed E-state index contributed by atoms with van der Waals surface area (Å²) in [7, 11) is 0. The molecular weight excluding hydrogens is 244 g/mol. The van der Waals surface area contributed by atoms with Crippen LogP contribution in [-0.2, 0) is 0 Å². The minimum absolute atomic E-state index is 0.380. The van der Waals surface area contributed by atoms with Crippen molar-refractivity contribution < 1.29 is 5.11 Å². The van der Waals surface area contributed by atoms with E-state index in [4.69, 9.17) is 0 Å². The molecule has 0 aromatic carbocycles. The van der Waals surface area contributed by atoms with Gasteiger partial charge in [-0.15, -0.1) is 0 Å². The molecule has 0 bridgehead atoms. The van der Waals surface area contributed by atoms with Crippen LogP contribution in [0.4, 0.5) is 0 Å². The average Bonchev–Trinajstić information content (AvgIpc) is 2.46. The molecule has 0 aliphatic carbocycles. The van der Waals surface area contributed by atoms with Crippen molar-refractivity contribution in [2.75, 3.05) is 0 Å². The maximum Gasteiger partial charge on any atom is 0.0675 e. The second kappa shape index (κ2) is 12.7. The zero-order valence-corrected chi connectivity index (χ0v) is 14.7. The molecule has 0 aliphatic heterocycles. The Labute approximate surface area is 128 Å². The quantitative estimate of drug-likeness (QED) is 0.362. The maximum absolute atomic E-state index is 11.3. The van der Waals surface area contributed by atoms with Gasteiger partial charge in [0.2, 0.25) is 0 Å². The van der Waals surface area contributed by atoms with Gasteiger partial charge in [-0.05, 0) is 31.6 Å². The van der Waals surface area contributed by atoms with E-state index in [1.54, 1.807) is 0 Å². The van der Waals surface area contributed by atoms with Gasteiger partial charge in [0.25, 0.3) is 0 Å². The van der Waals surface area contributed by atoms with Gasteiger partial charge in [0.05, 0.1) is 5.60 Å². The number of hydrogen-bond donors (Lipinski definition) is 1. The third kappa shape index (κ3) is 8.29. The highest BCUT2D eigenvalue weighted by Gasteiger charge is 2.34. The van der Waals surface area contributed by atoms with Crippen LogP contribution < -0.4 is 0 Å². The third-order valence-electron chi connectivity index (χ3n) is 4.75. The number of rotatable bonds is 14. The van der Waals surface area contributed by atoms with E-state index in [9.17, 15) is 5.11 Å². The summed E-state index contributed by atoms with van der Waals surface area (Å²) in [5, 5.41) is 11.3. The van der Waals surface area contributed by atoms with E-state index in [1.165, 1.54) is 70.6 Å². The summed E-state index contributed by atoms with van der Waals surface area (Å²) in [6.45, 7) is 9.00. The molecule has 20 heavy (non-hydrogen) atoms. The van der Waals surface area contributed by atoms with Crippen LogP contribution in [-0.4, -0.2) is 10.7 Å². The van der Waals surface area contributed by atoms with Crippen LogP contribution in [0, 0.1) is 5.92 Å². The molecule has 0 aromatic rings. The molecule has 0 aromatic heterocycles. The second-order valence-electron chi connectivity index (χ2n) is 6.65. The summed E-state index contributed by atoms with van der Waals surface area (Å²) in [4.78, 5) is 0. The lowest BCUT2D eigenvalue weighted by molar-refractivity contribution is -0.0449. The summed E-state index contributed by atoms with van der Waals surface area (Å²) in [5.74, 6) is 0.534. The first-order valence-corrected chi connectivity index (χ1v) is 9.36. The smallest absolute Gasteiger partial charge is 0.0675 e. The molecule has 1 nitrogen and oxygen atoms in total. The topological polar surface area (TPSA) is 20.2 Å². The molecule has 122 valence electrons. The largest absolute Gasteiger partial charge is 0.390 e. The van der Waals surface area contributed by atoms with Gasteiger partial charge in [-0.25, -0.2) is 0 Å². The first kappa shape index (κ1) is 20.0. The predicted molar refractivity (Wildman–Crippen MR) is 91.2 cm³/mol. The second-order valence-corrected chi connectivity index (χ2v) is 6.65. The van der Waals surface area contributed by atoms with Gasteiger partial charge in [-0.2, -0.15) is 0 Å². The highest BCUT2D eigenvalue weighted by molar-refractivity contribution is 4.86. The summed E-state index contributed by atoms with van der Waals surface area (Å²) in [6, 6.07) is 0. The molecule has 0 rings (SSSR count). The normalized spacial score (nSPS) is 13.7. The molecule has 0 fully saturated rings. The fourth-order valence-corrected chi connectivity index (χ4v) is 3.27. The van der Waals surface area contributed by atoms with Gasteiger partial charge in [-0.3, -0.25) is 0 Å². The molecule has 1 heteroatoms. The monoisotopic (exact) mass is 284 g/mol. The van der Waals surface area contributed by atoms with Crippen LogP contribution in [0.15, 0.2) is 0 Å². The average molecular weight is 285 g/mol. The van der Waals surface area contributed by atoms with Crippen LogP contribution in [0.5, 0.6) is 0 Å². The van der Waals surface area contributed by atoms with E-state index >= 15 is 0 Å². The zero-order chi connectivity index (χ0) is 15.3. The molecule has 1 unspecified atom stereocenters. The van der Waals surface area contributed by atoms with Crippen LogP contribution in [0.2, 0.25) is 0 Å². The molecule has 0 radical (unpaired) electrons. The fourth-order valence-electron chi connectivity index (χ4n) is 3.27. The highest BCUT2D eigenvalue weighted by atomic mass is 16.3. The molecule has 1 N–H and O–H groups in total. The number of hydrogen-bond acceptors (Lipinski definition) is 1. The summed E-state index contributed by atoms with van der Waals surface area (Å²) >= 11 is 0. The van der Waals surface area contributed by atoms with Crippen molar-refractivity contribution in [3.05, 3.63) is 0 Å². The predicted octanol–water partition coefficient (Wildman–Crippen LogP) is 6.48. The van der Waals surface area contributed by atoms with Crippen molar-refractivity contribution >= 4 is 0 Å².